The molecule has 1 aromatic heterocycles. The molecule has 1 aliphatic rings. The summed E-state index contributed by atoms with van der Waals surface area (Å²) in [5, 5.41) is 0. The lowest BCUT2D eigenvalue weighted by atomic mass is 9.83. The standard InChI is InChI=1S/C15H28N4/c1-3-18(11-14-10-17-12-19(14)4-2)15-8-6-5-7-13(15)9-16/h10,12-13,15H,3-9,11,16H2,1-2H3. The molecule has 0 spiro atoms. The third-order valence-electron chi connectivity index (χ3n) is 4.55. The molecule has 2 unspecified atom stereocenters. The maximum absolute atomic E-state index is 5.97. The van der Waals surface area contributed by atoms with E-state index < -0.39 is 0 Å². The molecule has 0 radical (unpaired) electrons. The van der Waals surface area contributed by atoms with E-state index in [1.807, 2.05) is 12.5 Å². The first-order valence-electron chi connectivity index (χ1n) is 7.73. The Morgan fingerprint density at radius 1 is 1.37 bits per heavy atom. The fraction of sp³-hybridized carbons (Fsp3) is 0.800. The van der Waals surface area contributed by atoms with Crippen LogP contribution in [0.3, 0.4) is 0 Å². The van der Waals surface area contributed by atoms with Gasteiger partial charge in [-0.25, -0.2) is 4.98 Å². The van der Waals surface area contributed by atoms with E-state index in [1.165, 1.54) is 31.4 Å². The molecule has 0 saturated heterocycles. The van der Waals surface area contributed by atoms with E-state index >= 15 is 0 Å². The van der Waals surface area contributed by atoms with Crippen LogP contribution in [0.5, 0.6) is 0 Å². The number of nitrogens with zero attached hydrogens (tertiary/aromatic N) is 3. The number of aryl methyl sites for hydroxylation is 1. The zero-order valence-electron chi connectivity index (χ0n) is 12.4. The molecule has 4 nitrogen and oxygen atoms in total. The molecule has 1 heterocycles. The number of rotatable bonds is 6. The molecular formula is C15H28N4. The van der Waals surface area contributed by atoms with Gasteiger partial charge in [-0.15, -0.1) is 0 Å². The van der Waals surface area contributed by atoms with Gasteiger partial charge in [0, 0.05) is 25.3 Å². The van der Waals surface area contributed by atoms with Crippen LogP contribution >= 0.6 is 0 Å². The molecular weight excluding hydrogens is 236 g/mol. The van der Waals surface area contributed by atoms with Gasteiger partial charge in [0.15, 0.2) is 0 Å². The van der Waals surface area contributed by atoms with Crippen molar-refractivity contribution in [2.75, 3.05) is 13.1 Å². The van der Waals surface area contributed by atoms with Crippen LogP contribution in [-0.4, -0.2) is 33.6 Å². The topological polar surface area (TPSA) is 47.1 Å². The summed E-state index contributed by atoms with van der Waals surface area (Å²) in [6, 6.07) is 0.656. The summed E-state index contributed by atoms with van der Waals surface area (Å²) in [5.74, 6) is 0.673. The van der Waals surface area contributed by atoms with E-state index in [0.717, 1.165) is 26.2 Å². The number of hydrogen-bond donors (Lipinski definition) is 1. The number of nitrogens with two attached hydrogens (primary N) is 1. The molecule has 0 aromatic carbocycles. The second kappa shape index (κ2) is 7.06. The van der Waals surface area contributed by atoms with Crippen LogP contribution in [0.15, 0.2) is 12.5 Å². The molecule has 2 N–H and O–H groups in total. The Bertz CT molecular complexity index is 374. The average molecular weight is 264 g/mol. The lowest BCUT2D eigenvalue weighted by Gasteiger charge is -2.39. The van der Waals surface area contributed by atoms with Gasteiger partial charge in [0.05, 0.1) is 12.0 Å². The molecule has 1 saturated carbocycles. The molecule has 0 bridgehead atoms. The molecule has 1 aliphatic carbocycles. The maximum Gasteiger partial charge on any atom is 0.0948 e. The summed E-state index contributed by atoms with van der Waals surface area (Å²) in [5.41, 5.74) is 7.30. The Labute approximate surface area is 117 Å². The lowest BCUT2D eigenvalue weighted by Crippen LogP contribution is -2.44. The predicted octanol–water partition coefficient (Wildman–Crippen LogP) is 2.24. The Kier molecular flexibility index (Phi) is 5.40. The molecule has 0 aliphatic heterocycles. The first kappa shape index (κ1) is 14.5. The van der Waals surface area contributed by atoms with Gasteiger partial charge in [0.1, 0.15) is 0 Å². The van der Waals surface area contributed by atoms with Crippen LogP contribution in [0.1, 0.15) is 45.2 Å². The predicted molar refractivity (Wildman–Crippen MR) is 78.8 cm³/mol. The maximum atomic E-state index is 5.97. The third kappa shape index (κ3) is 3.37. The van der Waals surface area contributed by atoms with Crippen molar-refractivity contribution in [2.24, 2.45) is 11.7 Å². The Morgan fingerprint density at radius 3 is 2.84 bits per heavy atom. The SMILES string of the molecule is CCN(Cc1cncn1CC)C1CCCCC1CN. The minimum Gasteiger partial charge on any atom is -0.334 e. The van der Waals surface area contributed by atoms with Gasteiger partial charge < -0.3 is 10.3 Å². The molecule has 1 aromatic rings. The smallest absolute Gasteiger partial charge is 0.0948 e. The highest BCUT2D eigenvalue weighted by atomic mass is 15.2. The van der Waals surface area contributed by atoms with E-state index in [9.17, 15) is 0 Å². The lowest BCUT2D eigenvalue weighted by molar-refractivity contribution is 0.103. The summed E-state index contributed by atoms with van der Waals surface area (Å²) < 4.78 is 2.24. The summed E-state index contributed by atoms with van der Waals surface area (Å²) in [6.45, 7) is 8.35. The van der Waals surface area contributed by atoms with Crippen LogP contribution < -0.4 is 5.73 Å². The van der Waals surface area contributed by atoms with Gasteiger partial charge in [-0.05, 0) is 38.8 Å². The van der Waals surface area contributed by atoms with Gasteiger partial charge in [-0.3, -0.25) is 4.90 Å². The van der Waals surface area contributed by atoms with Crippen molar-refractivity contribution in [3.8, 4) is 0 Å². The molecule has 1 fully saturated rings. The number of imidazole rings is 1. The van der Waals surface area contributed by atoms with Crippen LogP contribution in [0.4, 0.5) is 0 Å². The summed E-state index contributed by atoms with van der Waals surface area (Å²) in [4.78, 5) is 6.87. The van der Waals surface area contributed by atoms with Crippen molar-refractivity contribution in [1.29, 1.82) is 0 Å². The Balaban J connectivity index is 2.06. The van der Waals surface area contributed by atoms with Crippen LogP contribution in [-0.2, 0) is 13.1 Å². The van der Waals surface area contributed by atoms with Crippen molar-refractivity contribution in [3.63, 3.8) is 0 Å². The largest absolute Gasteiger partial charge is 0.334 e. The second-order valence-corrected chi connectivity index (χ2v) is 5.58. The fourth-order valence-corrected chi connectivity index (χ4v) is 3.38. The second-order valence-electron chi connectivity index (χ2n) is 5.58. The van der Waals surface area contributed by atoms with Crippen LogP contribution in [0, 0.1) is 5.92 Å². The highest BCUT2D eigenvalue weighted by Gasteiger charge is 2.28. The van der Waals surface area contributed by atoms with Crippen molar-refractivity contribution < 1.29 is 0 Å². The van der Waals surface area contributed by atoms with E-state index in [4.69, 9.17) is 5.73 Å². The zero-order valence-corrected chi connectivity index (χ0v) is 12.4. The van der Waals surface area contributed by atoms with Gasteiger partial charge in [-0.1, -0.05) is 19.8 Å². The summed E-state index contributed by atoms with van der Waals surface area (Å²) in [6.07, 6.45) is 9.24. The van der Waals surface area contributed by atoms with E-state index in [-0.39, 0.29) is 0 Å². The minimum absolute atomic E-state index is 0.656. The normalized spacial score (nSPS) is 24.0. The van der Waals surface area contributed by atoms with Crippen LogP contribution in [0.2, 0.25) is 0 Å². The van der Waals surface area contributed by atoms with Crippen molar-refractivity contribution in [2.45, 2.75) is 58.7 Å². The number of hydrogen-bond acceptors (Lipinski definition) is 3. The highest BCUT2D eigenvalue weighted by molar-refractivity contribution is 4.99. The van der Waals surface area contributed by atoms with Gasteiger partial charge in [0.25, 0.3) is 0 Å². The summed E-state index contributed by atoms with van der Waals surface area (Å²) >= 11 is 0. The van der Waals surface area contributed by atoms with Crippen LogP contribution in [0.25, 0.3) is 0 Å². The minimum atomic E-state index is 0.656. The molecule has 0 amide bonds. The van der Waals surface area contributed by atoms with Crippen molar-refractivity contribution in [1.82, 2.24) is 14.5 Å². The van der Waals surface area contributed by atoms with Crippen molar-refractivity contribution in [3.05, 3.63) is 18.2 Å². The van der Waals surface area contributed by atoms with Crippen molar-refractivity contribution >= 4 is 0 Å². The quantitative estimate of drug-likeness (QED) is 0.857. The van der Waals surface area contributed by atoms with Gasteiger partial charge in [0.2, 0.25) is 0 Å². The zero-order chi connectivity index (χ0) is 13.7. The summed E-state index contributed by atoms with van der Waals surface area (Å²) in [7, 11) is 0. The molecule has 2 rings (SSSR count). The highest BCUT2D eigenvalue weighted by Crippen LogP contribution is 2.28. The average Bonchev–Trinajstić information content (AvgIpc) is 2.92. The monoisotopic (exact) mass is 264 g/mol. The third-order valence-corrected chi connectivity index (χ3v) is 4.55. The molecule has 4 heteroatoms. The molecule has 19 heavy (non-hydrogen) atoms. The first-order valence-corrected chi connectivity index (χ1v) is 7.73. The van der Waals surface area contributed by atoms with E-state index in [1.54, 1.807) is 0 Å². The van der Waals surface area contributed by atoms with Gasteiger partial charge in [-0.2, -0.15) is 0 Å². The Hall–Kier alpha value is -0.870. The fourth-order valence-electron chi connectivity index (χ4n) is 3.38. The van der Waals surface area contributed by atoms with E-state index in [2.05, 4.69) is 28.3 Å². The molecule has 2 atom stereocenters. The van der Waals surface area contributed by atoms with E-state index in [0.29, 0.717) is 12.0 Å². The first-order chi connectivity index (χ1) is 9.30. The molecule has 108 valence electrons. The number of aromatic nitrogens is 2. The van der Waals surface area contributed by atoms with Gasteiger partial charge >= 0.3 is 0 Å². The Morgan fingerprint density at radius 2 is 2.16 bits per heavy atom.